The first-order chi connectivity index (χ1) is 10.3. The molecule has 1 aromatic heterocycles. The second kappa shape index (κ2) is 6.15. The van der Waals surface area contributed by atoms with Crippen molar-refractivity contribution >= 4 is 11.6 Å². The monoisotopic (exact) mass is 296 g/mol. The molecule has 0 saturated carbocycles. The summed E-state index contributed by atoms with van der Waals surface area (Å²) in [5.41, 5.74) is 4.63. The first-order valence-corrected chi connectivity index (χ1v) is 7.50. The minimum atomic E-state index is 0.715. The van der Waals surface area contributed by atoms with E-state index in [1.54, 1.807) is 0 Å². The van der Waals surface area contributed by atoms with Crippen molar-refractivity contribution in [3.05, 3.63) is 76.7 Å². The number of hydrogen-bond acceptors (Lipinski definition) is 1. The fraction of sp³-hybridized carbons (Fsp3) is 0.167. The zero-order chi connectivity index (χ0) is 14.7. The number of nitrogens with zero attached hydrogens (tertiary/aromatic N) is 1. The number of H-pyrrole nitrogens is 1. The summed E-state index contributed by atoms with van der Waals surface area (Å²) in [6.07, 6.45) is 3.65. The van der Waals surface area contributed by atoms with E-state index in [2.05, 4.69) is 41.2 Å². The molecule has 0 spiro atoms. The topological polar surface area (TPSA) is 28.7 Å². The van der Waals surface area contributed by atoms with Crippen LogP contribution < -0.4 is 0 Å². The molecule has 1 N–H and O–H groups in total. The second-order valence-electron chi connectivity index (χ2n) is 5.06. The van der Waals surface area contributed by atoms with Gasteiger partial charge in [-0.3, -0.25) is 0 Å². The smallest absolute Gasteiger partial charge is 0.110 e. The number of aromatic nitrogens is 2. The molecule has 0 aliphatic rings. The van der Waals surface area contributed by atoms with Gasteiger partial charge in [0, 0.05) is 11.4 Å². The van der Waals surface area contributed by atoms with E-state index in [0.717, 1.165) is 34.1 Å². The molecule has 3 heteroatoms. The number of rotatable bonds is 4. The Hall–Kier alpha value is -2.06. The van der Waals surface area contributed by atoms with Crippen LogP contribution in [0.2, 0.25) is 5.02 Å². The van der Waals surface area contributed by atoms with E-state index in [-0.39, 0.29) is 0 Å². The minimum Gasteiger partial charge on any atom is -0.342 e. The molecular formula is C18H17ClN2. The molecule has 3 rings (SSSR count). The van der Waals surface area contributed by atoms with Crippen LogP contribution in [0.15, 0.2) is 54.7 Å². The second-order valence-corrected chi connectivity index (χ2v) is 5.47. The Morgan fingerprint density at radius 3 is 2.52 bits per heavy atom. The predicted molar refractivity (Wildman–Crippen MR) is 87.7 cm³/mol. The Bertz CT molecular complexity index is 729. The first-order valence-electron chi connectivity index (χ1n) is 7.13. The van der Waals surface area contributed by atoms with Crippen molar-refractivity contribution in [3.63, 3.8) is 0 Å². The summed E-state index contributed by atoms with van der Waals surface area (Å²) in [5.74, 6) is 0.928. The molecule has 0 atom stereocenters. The van der Waals surface area contributed by atoms with Gasteiger partial charge in [-0.1, -0.05) is 61.0 Å². The minimum absolute atomic E-state index is 0.715. The third-order valence-corrected chi connectivity index (χ3v) is 3.99. The Morgan fingerprint density at radius 2 is 1.81 bits per heavy atom. The Balaban J connectivity index is 1.81. The van der Waals surface area contributed by atoms with Crippen molar-refractivity contribution in [2.24, 2.45) is 0 Å². The Kier molecular flexibility index (Phi) is 4.07. The molecule has 3 aromatic rings. The van der Waals surface area contributed by atoms with Gasteiger partial charge in [-0.15, -0.1) is 0 Å². The van der Waals surface area contributed by atoms with Crippen molar-refractivity contribution in [1.29, 1.82) is 0 Å². The van der Waals surface area contributed by atoms with Crippen molar-refractivity contribution in [3.8, 4) is 11.3 Å². The Labute approximate surface area is 129 Å². The lowest BCUT2D eigenvalue weighted by molar-refractivity contribution is 1.03. The van der Waals surface area contributed by atoms with Gasteiger partial charge in [-0.2, -0.15) is 0 Å². The van der Waals surface area contributed by atoms with Crippen LogP contribution in [0.4, 0.5) is 0 Å². The molecule has 0 bridgehead atoms. The number of imidazole rings is 1. The third-order valence-electron chi connectivity index (χ3n) is 3.62. The summed E-state index contributed by atoms with van der Waals surface area (Å²) in [6, 6.07) is 16.4. The maximum atomic E-state index is 6.19. The van der Waals surface area contributed by atoms with E-state index in [1.807, 2.05) is 30.5 Å². The highest BCUT2D eigenvalue weighted by Crippen LogP contribution is 2.21. The van der Waals surface area contributed by atoms with E-state index in [4.69, 9.17) is 11.6 Å². The van der Waals surface area contributed by atoms with Crippen LogP contribution >= 0.6 is 11.6 Å². The highest BCUT2D eigenvalue weighted by atomic mass is 35.5. The summed E-state index contributed by atoms with van der Waals surface area (Å²) < 4.78 is 0. The molecule has 0 fully saturated rings. The highest BCUT2D eigenvalue weighted by Gasteiger charge is 2.06. The summed E-state index contributed by atoms with van der Waals surface area (Å²) in [6.45, 7) is 2.16. The number of aryl methyl sites for hydroxylation is 1. The van der Waals surface area contributed by atoms with E-state index in [0.29, 0.717) is 6.42 Å². The first kappa shape index (κ1) is 13.9. The van der Waals surface area contributed by atoms with Crippen molar-refractivity contribution < 1.29 is 0 Å². The summed E-state index contributed by atoms with van der Waals surface area (Å²) in [5, 5.41) is 0.780. The molecular weight excluding hydrogens is 280 g/mol. The molecule has 0 amide bonds. The molecule has 0 unspecified atom stereocenters. The SMILES string of the molecule is CCc1ccc(-c2cnc(Cc3ccccc3Cl)[nH]2)cc1. The lowest BCUT2D eigenvalue weighted by Crippen LogP contribution is -1.91. The average molecular weight is 297 g/mol. The predicted octanol–water partition coefficient (Wildman–Crippen LogP) is 4.88. The maximum Gasteiger partial charge on any atom is 0.110 e. The normalized spacial score (nSPS) is 10.8. The molecule has 0 radical (unpaired) electrons. The van der Waals surface area contributed by atoms with Gasteiger partial charge in [-0.25, -0.2) is 4.98 Å². The van der Waals surface area contributed by atoms with Crippen LogP contribution in [0.1, 0.15) is 23.9 Å². The molecule has 0 saturated heterocycles. The quantitative estimate of drug-likeness (QED) is 0.730. The van der Waals surface area contributed by atoms with Crippen LogP contribution in [0.3, 0.4) is 0 Å². The Morgan fingerprint density at radius 1 is 1.05 bits per heavy atom. The number of benzene rings is 2. The van der Waals surface area contributed by atoms with Gasteiger partial charge in [-0.05, 0) is 29.2 Å². The summed E-state index contributed by atoms with van der Waals surface area (Å²) >= 11 is 6.19. The van der Waals surface area contributed by atoms with Crippen molar-refractivity contribution in [2.75, 3.05) is 0 Å². The lowest BCUT2D eigenvalue weighted by Gasteiger charge is -2.02. The zero-order valence-corrected chi connectivity index (χ0v) is 12.7. The van der Waals surface area contributed by atoms with Gasteiger partial charge in [0.2, 0.25) is 0 Å². The largest absolute Gasteiger partial charge is 0.342 e. The molecule has 0 aliphatic heterocycles. The maximum absolute atomic E-state index is 6.19. The van der Waals surface area contributed by atoms with Crippen LogP contribution in [0.5, 0.6) is 0 Å². The fourth-order valence-electron chi connectivity index (χ4n) is 2.34. The van der Waals surface area contributed by atoms with Gasteiger partial charge in [0.05, 0.1) is 11.9 Å². The van der Waals surface area contributed by atoms with Gasteiger partial charge >= 0.3 is 0 Å². The molecule has 21 heavy (non-hydrogen) atoms. The van der Waals surface area contributed by atoms with Crippen LogP contribution in [0.25, 0.3) is 11.3 Å². The van der Waals surface area contributed by atoms with E-state index < -0.39 is 0 Å². The van der Waals surface area contributed by atoms with E-state index >= 15 is 0 Å². The standard InChI is InChI=1S/C18H17ClN2/c1-2-13-7-9-14(10-8-13)17-12-20-18(21-17)11-15-5-3-4-6-16(15)19/h3-10,12H,2,11H2,1H3,(H,20,21). The van der Waals surface area contributed by atoms with Gasteiger partial charge in [0.1, 0.15) is 5.82 Å². The van der Waals surface area contributed by atoms with E-state index in [1.165, 1.54) is 5.56 Å². The van der Waals surface area contributed by atoms with Gasteiger partial charge < -0.3 is 4.98 Å². The van der Waals surface area contributed by atoms with Crippen LogP contribution in [-0.4, -0.2) is 9.97 Å². The van der Waals surface area contributed by atoms with Crippen LogP contribution in [-0.2, 0) is 12.8 Å². The number of aromatic amines is 1. The average Bonchev–Trinajstić information content (AvgIpc) is 2.98. The van der Waals surface area contributed by atoms with Gasteiger partial charge in [0.25, 0.3) is 0 Å². The van der Waals surface area contributed by atoms with Gasteiger partial charge in [0.15, 0.2) is 0 Å². The molecule has 106 valence electrons. The lowest BCUT2D eigenvalue weighted by atomic mass is 10.1. The molecule has 0 aliphatic carbocycles. The summed E-state index contributed by atoms with van der Waals surface area (Å²) in [4.78, 5) is 7.83. The van der Waals surface area contributed by atoms with Crippen molar-refractivity contribution in [1.82, 2.24) is 9.97 Å². The molecule has 1 heterocycles. The zero-order valence-electron chi connectivity index (χ0n) is 11.9. The molecule has 2 aromatic carbocycles. The fourth-order valence-corrected chi connectivity index (χ4v) is 2.54. The van der Waals surface area contributed by atoms with Crippen molar-refractivity contribution in [2.45, 2.75) is 19.8 Å². The van der Waals surface area contributed by atoms with E-state index in [9.17, 15) is 0 Å². The highest BCUT2D eigenvalue weighted by molar-refractivity contribution is 6.31. The molecule has 2 nitrogen and oxygen atoms in total. The number of halogens is 1. The van der Waals surface area contributed by atoms with Crippen LogP contribution in [0, 0.1) is 0 Å². The third kappa shape index (κ3) is 3.17. The summed E-state index contributed by atoms with van der Waals surface area (Å²) in [7, 11) is 0. The number of nitrogens with one attached hydrogen (secondary N) is 1. The number of hydrogen-bond donors (Lipinski definition) is 1.